The normalized spacial score (nSPS) is 12.4. The Morgan fingerprint density at radius 3 is 2.78 bits per heavy atom. The van der Waals surface area contributed by atoms with E-state index in [9.17, 15) is 4.79 Å². The molecule has 0 spiro atoms. The summed E-state index contributed by atoms with van der Waals surface area (Å²) >= 11 is 1.34. The van der Waals surface area contributed by atoms with Crippen molar-refractivity contribution in [3.63, 3.8) is 0 Å². The zero-order chi connectivity index (χ0) is 13.7. The van der Waals surface area contributed by atoms with Gasteiger partial charge in [0.1, 0.15) is 0 Å². The van der Waals surface area contributed by atoms with Crippen molar-refractivity contribution in [2.75, 3.05) is 12.3 Å². The van der Waals surface area contributed by atoms with E-state index >= 15 is 0 Å². The Labute approximate surface area is 111 Å². The Hall–Kier alpha value is -1.50. The molecule has 0 bridgehead atoms. The fraction of sp³-hybridized carbons (Fsp3) is 0.545. The van der Waals surface area contributed by atoms with Crippen LogP contribution in [0.5, 0.6) is 0 Å². The van der Waals surface area contributed by atoms with Crippen LogP contribution in [0.25, 0.3) is 0 Å². The molecule has 7 heteroatoms. The van der Waals surface area contributed by atoms with Gasteiger partial charge in [-0.15, -0.1) is 16.8 Å². The number of thioether (sulfide) groups is 1. The van der Waals surface area contributed by atoms with Crippen LogP contribution in [0.1, 0.15) is 26.8 Å². The lowest BCUT2D eigenvalue weighted by molar-refractivity contribution is -0.120. The third kappa shape index (κ3) is 3.49. The number of nitrogens with zero attached hydrogens (tertiary/aromatic N) is 3. The number of hydrogen-bond acceptors (Lipinski definition) is 5. The van der Waals surface area contributed by atoms with Crippen LogP contribution in [-0.4, -0.2) is 32.5 Å². The first-order valence-electron chi connectivity index (χ1n) is 5.73. The topological polar surface area (TPSA) is 85.8 Å². The molecule has 100 valence electrons. The molecule has 0 saturated carbocycles. The van der Waals surface area contributed by atoms with Gasteiger partial charge >= 0.3 is 0 Å². The molecule has 0 radical (unpaired) electrons. The van der Waals surface area contributed by atoms with Gasteiger partial charge in [0.25, 0.3) is 0 Å². The van der Waals surface area contributed by atoms with Gasteiger partial charge in [0, 0.05) is 12.6 Å². The van der Waals surface area contributed by atoms with E-state index in [1.54, 1.807) is 6.08 Å². The average molecular weight is 269 g/mol. The van der Waals surface area contributed by atoms with Gasteiger partial charge in [-0.1, -0.05) is 17.8 Å². The van der Waals surface area contributed by atoms with E-state index in [4.69, 9.17) is 5.73 Å². The van der Waals surface area contributed by atoms with Gasteiger partial charge in [-0.2, -0.15) is 0 Å². The Bertz CT molecular complexity index is 429. The number of nitrogens with one attached hydrogen (secondary N) is 1. The molecule has 0 saturated heterocycles. The minimum atomic E-state index is -0.258. The Morgan fingerprint density at radius 2 is 2.22 bits per heavy atom. The van der Waals surface area contributed by atoms with Crippen molar-refractivity contribution in [1.29, 1.82) is 0 Å². The predicted octanol–water partition coefficient (Wildman–Crippen LogP) is 1.22. The third-order valence-electron chi connectivity index (χ3n) is 2.28. The van der Waals surface area contributed by atoms with Crippen molar-refractivity contribution in [2.24, 2.45) is 0 Å². The molecule has 1 aromatic rings. The number of rotatable bonds is 6. The van der Waals surface area contributed by atoms with E-state index in [0.717, 1.165) is 0 Å². The second-order valence-corrected chi connectivity index (χ2v) is 5.41. The van der Waals surface area contributed by atoms with Crippen LogP contribution < -0.4 is 11.1 Å². The summed E-state index contributed by atoms with van der Waals surface area (Å²) in [6, 6.07) is 0.158. The van der Waals surface area contributed by atoms with Gasteiger partial charge in [0.05, 0.1) is 5.25 Å². The maximum Gasteiger partial charge on any atom is 0.233 e. The lowest BCUT2D eigenvalue weighted by Gasteiger charge is -2.14. The second-order valence-electron chi connectivity index (χ2n) is 4.10. The van der Waals surface area contributed by atoms with Crippen molar-refractivity contribution in [3.8, 4) is 0 Å². The minimum Gasteiger partial charge on any atom is -0.368 e. The van der Waals surface area contributed by atoms with Crippen LogP contribution in [0.4, 0.5) is 5.95 Å². The number of nitrogen functional groups attached to an aromatic ring is 1. The molecule has 0 fully saturated rings. The van der Waals surface area contributed by atoms with E-state index in [-0.39, 0.29) is 17.2 Å². The van der Waals surface area contributed by atoms with Gasteiger partial charge in [-0.25, -0.2) is 0 Å². The van der Waals surface area contributed by atoms with Crippen molar-refractivity contribution < 1.29 is 4.79 Å². The third-order valence-corrected chi connectivity index (χ3v) is 3.34. The quantitative estimate of drug-likeness (QED) is 0.599. The first kappa shape index (κ1) is 14.6. The molecule has 0 aliphatic heterocycles. The number of carbonyl (C=O) groups is 1. The number of aromatic nitrogens is 3. The summed E-state index contributed by atoms with van der Waals surface area (Å²) in [6.07, 6.45) is 1.64. The van der Waals surface area contributed by atoms with Gasteiger partial charge < -0.3 is 11.1 Å². The monoisotopic (exact) mass is 269 g/mol. The molecule has 1 atom stereocenters. The van der Waals surface area contributed by atoms with E-state index in [0.29, 0.717) is 17.6 Å². The first-order chi connectivity index (χ1) is 8.47. The van der Waals surface area contributed by atoms with E-state index in [2.05, 4.69) is 22.1 Å². The fourth-order valence-corrected chi connectivity index (χ4v) is 2.39. The highest BCUT2D eigenvalue weighted by Gasteiger charge is 2.19. The van der Waals surface area contributed by atoms with Gasteiger partial charge in [0.15, 0.2) is 5.16 Å². The summed E-state index contributed by atoms with van der Waals surface area (Å²) in [6.45, 7) is 9.82. The number of amides is 1. The van der Waals surface area contributed by atoms with Gasteiger partial charge in [-0.05, 0) is 20.8 Å². The summed E-state index contributed by atoms with van der Waals surface area (Å²) < 4.78 is 1.81. The Balaban J connectivity index is 2.72. The summed E-state index contributed by atoms with van der Waals surface area (Å²) in [4.78, 5) is 11.7. The van der Waals surface area contributed by atoms with Crippen LogP contribution in [-0.2, 0) is 4.79 Å². The molecular formula is C11H19N5OS. The smallest absolute Gasteiger partial charge is 0.233 e. The highest BCUT2D eigenvalue weighted by molar-refractivity contribution is 8.00. The molecule has 6 nitrogen and oxygen atoms in total. The maximum absolute atomic E-state index is 11.7. The summed E-state index contributed by atoms with van der Waals surface area (Å²) in [5.74, 6) is 0.308. The molecule has 1 aromatic heterocycles. The maximum atomic E-state index is 11.7. The second kappa shape index (κ2) is 6.44. The van der Waals surface area contributed by atoms with Crippen molar-refractivity contribution >= 4 is 23.6 Å². The van der Waals surface area contributed by atoms with Crippen LogP contribution in [0.15, 0.2) is 17.8 Å². The molecule has 0 aliphatic rings. The van der Waals surface area contributed by atoms with Crippen molar-refractivity contribution in [2.45, 2.75) is 37.2 Å². The largest absolute Gasteiger partial charge is 0.368 e. The van der Waals surface area contributed by atoms with Crippen LogP contribution in [0, 0.1) is 0 Å². The number of carbonyl (C=O) groups excluding carboxylic acids is 1. The summed E-state index contributed by atoms with van der Waals surface area (Å²) in [5, 5.41) is 11.0. The molecule has 0 aliphatic carbocycles. The van der Waals surface area contributed by atoms with Crippen LogP contribution in [0.2, 0.25) is 0 Å². The standard InChI is InChI=1S/C11H19N5OS/c1-5-6-13-9(17)8(4)18-11-15-14-10(12)16(11)7(2)3/h5,7-8H,1,6H2,2-4H3,(H2,12,14)(H,13,17). The van der Waals surface area contributed by atoms with Crippen molar-refractivity contribution in [1.82, 2.24) is 20.1 Å². The average Bonchev–Trinajstić information content (AvgIpc) is 2.67. The summed E-state index contributed by atoms with van der Waals surface area (Å²) in [7, 11) is 0. The van der Waals surface area contributed by atoms with Crippen LogP contribution >= 0.6 is 11.8 Å². The van der Waals surface area contributed by atoms with E-state index in [1.165, 1.54) is 11.8 Å². The lowest BCUT2D eigenvalue weighted by Crippen LogP contribution is -2.31. The molecule has 18 heavy (non-hydrogen) atoms. The zero-order valence-electron chi connectivity index (χ0n) is 10.9. The number of nitrogens with two attached hydrogens (primary N) is 1. The summed E-state index contributed by atoms with van der Waals surface area (Å²) in [5.41, 5.74) is 5.74. The molecule has 1 rings (SSSR count). The minimum absolute atomic E-state index is 0.0585. The van der Waals surface area contributed by atoms with Crippen molar-refractivity contribution in [3.05, 3.63) is 12.7 Å². The zero-order valence-corrected chi connectivity index (χ0v) is 11.7. The van der Waals surface area contributed by atoms with Crippen LogP contribution in [0.3, 0.4) is 0 Å². The molecule has 1 unspecified atom stereocenters. The van der Waals surface area contributed by atoms with Gasteiger partial charge in [0.2, 0.25) is 11.9 Å². The first-order valence-corrected chi connectivity index (χ1v) is 6.61. The number of hydrogen-bond donors (Lipinski definition) is 2. The SMILES string of the molecule is C=CCNC(=O)C(C)Sc1nnc(N)n1C(C)C. The molecule has 1 amide bonds. The number of anilines is 1. The fourth-order valence-electron chi connectivity index (χ4n) is 1.38. The van der Waals surface area contributed by atoms with E-state index < -0.39 is 0 Å². The highest BCUT2D eigenvalue weighted by atomic mass is 32.2. The van der Waals surface area contributed by atoms with E-state index in [1.807, 2.05) is 25.3 Å². The molecule has 0 aromatic carbocycles. The predicted molar refractivity (Wildman–Crippen MR) is 73.3 cm³/mol. The van der Waals surface area contributed by atoms with Gasteiger partial charge in [-0.3, -0.25) is 9.36 Å². The Morgan fingerprint density at radius 1 is 1.56 bits per heavy atom. The molecule has 1 heterocycles. The molecule has 3 N–H and O–H groups in total. The lowest BCUT2D eigenvalue weighted by atomic mass is 10.4. The highest BCUT2D eigenvalue weighted by Crippen LogP contribution is 2.26. The molecular weight excluding hydrogens is 250 g/mol. The Kier molecular flexibility index (Phi) is 5.21.